The molecule has 0 aliphatic rings. The van der Waals surface area contributed by atoms with Crippen LogP contribution in [0.4, 0.5) is 5.69 Å². The lowest BCUT2D eigenvalue weighted by atomic mass is 10.1. The number of nitrogens with two attached hydrogens (primary N) is 1. The highest BCUT2D eigenvalue weighted by molar-refractivity contribution is 9.10. The van der Waals surface area contributed by atoms with Crippen molar-refractivity contribution in [2.45, 2.75) is 25.2 Å². The molecule has 102 valence electrons. The molecule has 0 aliphatic heterocycles. The Labute approximate surface area is 117 Å². The second kappa shape index (κ2) is 6.04. The molecule has 1 atom stereocenters. The highest BCUT2D eigenvalue weighted by Crippen LogP contribution is 2.25. The predicted octanol–water partition coefficient (Wildman–Crippen LogP) is 2.70. The number of nitrogens with zero attached hydrogens (tertiary/aromatic N) is 1. The average molecular weight is 335 g/mol. The van der Waals surface area contributed by atoms with Gasteiger partial charge in [0.2, 0.25) is 10.0 Å². The molecule has 0 radical (unpaired) electrons. The van der Waals surface area contributed by atoms with Gasteiger partial charge in [0.1, 0.15) is 0 Å². The van der Waals surface area contributed by atoms with Gasteiger partial charge < -0.3 is 5.73 Å². The van der Waals surface area contributed by atoms with E-state index in [0.717, 1.165) is 6.42 Å². The molecule has 1 rings (SSSR count). The summed E-state index contributed by atoms with van der Waals surface area (Å²) in [5.41, 5.74) is 6.18. The van der Waals surface area contributed by atoms with Crippen molar-refractivity contribution in [2.24, 2.45) is 5.92 Å². The van der Waals surface area contributed by atoms with Gasteiger partial charge in [-0.15, -0.1) is 0 Å². The Morgan fingerprint density at radius 3 is 2.56 bits per heavy atom. The van der Waals surface area contributed by atoms with Crippen LogP contribution in [0.25, 0.3) is 0 Å². The Morgan fingerprint density at radius 1 is 1.44 bits per heavy atom. The topological polar surface area (TPSA) is 63.4 Å². The SMILES string of the molecule is CCC(C)CN(C)S(=O)(=O)c1ccc(N)c(Br)c1. The van der Waals surface area contributed by atoms with Crippen molar-refractivity contribution >= 4 is 31.6 Å². The molecular weight excluding hydrogens is 316 g/mol. The summed E-state index contributed by atoms with van der Waals surface area (Å²) in [6, 6.07) is 4.66. The van der Waals surface area contributed by atoms with Gasteiger partial charge in [0.25, 0.3) is 0 Å². The smallest absolute Gasteiger partial charge is 0.242 e. The zero-order valence-corrected chi connectivity index (χ0v) is 13.3. The van der Waals surface area contributed by atoms with E-state index < -0.39 is 10.0 Å². The Bertz CT molecular complexity index is 517. The molecule has 0 saturated carbocycles. The Balaban J connectivity index is 3.02. The number of benzene rings is 1. The molecule has 1 aromatic rings. The maximum absolute atomic E-state index is 12.3. The lowest BCUT2D eigenvalue weighted by Gasteiger charge is -2.20. The molecule has 0 aliphatic carbocycles. The minimum absolute atomic E-state index is 0.259. The lowest BCUT2D eigenvalue weighted by molar-refractivity contribution is 0.393. The maximum atomic E-state index is 12.3. The largest absolute Gasteiger partial charge is 0.398 e. The second-order valence-corrected chi connectivity index (χ2v) is 7.38. The quantitative estimate of drug-likeness (QED) is 0.842. The fourth-order valence-corrected chi connectivity index (χ4v) is 3.36. The van der Waals surface area contributed by atoms with Crippen LogP contribution in [0.15, 0.2) is 27.6 Å². The van der Waals surface area contributed by atoms with Crippen molar-refractivity contribution < 1.29 is 8.42 Å². The zero-order valence-electron chi connectivity index (χ0n) is 10.9. The first-order valence-electron chi connectivity index (χ1n) is 5.80. The molecule has 2 N–H and O–H groups in total. The number of anilines is 1. The summed E-state index contributed by atoms with van der Waals surface area (Å²) < 4.78 is 26.6. The number of hydrogen-bond acceptors (Lipinski definition) is 3. The maximum Gasteiger partial charge on any atom is 0.242 e. The highest BCUT2D eigenvalue weighted by Gasteiger charge is 2.22. The van der Waals surface area contributed by atoms with Crippen molar-refractivity contribution in [1.82, 2.24) is 4.31 Å². The van der Waals surface area contributed by atoms with E-state index in [9.17, 15) is 8.42 Å². The van der Waals surface area contributed by atoms with Gasteiger partial charge in [-0.05, 0) is 40.0 Å². The van der Waals surface area contributed by atoms with E-state index >= 15 is 0 Å². The van der Waals surface area contributed by atoms with Crippen molar-refractivity contribution in [3.8, 4) is 0 Å². The van der Waals surface area contributed by atoms with Crippen LogP contribution >= 0.6 is 15.9 Å². The molecule has 0 bridgehead atoms. The van der Waals surface area contributed by atoms with Crippen LogP contribution in [0.2, 0.25) is 0 Å². The molecule has 1 aromatic carbocycles. The number of sulfonamides is 1. The fourth-order valence-electron chi connectivity index (χ4n) is 1.51. The molecule has 0 amide bonds. The van der Waals surface area contributed by atoms with Crippen LogP contribution in [-0.2, 0) is 10.0 Å². The van der Waals surface area contributed by atoms with Gasteiger partial charge >= 0.3 is 0 Å². The summed E-state index contributed by atoms with van der Waals surface area (Å²) >= 11 is 3.24. The van der Waals surface area contributed by atoms with Gasteiger partial charge in [-0.2, -0.15) is 0 Å². The van der Waals surface area contributed by atoms with Gasteiger partial charge in [-0.25, -0.2) is 12.7 Å². The Hall–Kier alpha value is -0.590. The number of halogens is 1. The molecule has 6 heteroatoms. The summed E-state index contributed by atoms with van der Waals surface area (Å²) in [5, 5.41) is 0. The molecular formula is C12H19BrN2O2S. The summed E-state index contributed by atoms with van der Waals surface area (Å²) in [7, 11) is -1.83. The third kappa shape index (κ3) is 3.46. The minimum atomic E-state index is -3.44. The van der Waals surface area contributed by atoms with Gasteiger partial charge in [-0.3, -0.25) is 0 Å². The molecule has 0 fully saturated rings. The molecule has 0 aromatic heterocycles. The number of rotatable bonds is 5. The van der Waals surface area contributed by atoms with E-state index in [1.807, 2.05) is 13.8 Å². The van der Waals surface area contributed by atoms with Gasteiger partial charge in [0, 0.05) is 23.8 Å². The van der Waals surface area contributed by atoms with E-state index in [4.69, 9.17) is 5.73 Å². The summed E-state index contributed by atoms with van der Waals surface area (Å²) in [6.07, 6.45) is 0.950. The normalized spacial score (nSPS) is 13.8. The van der Waals surface area contributed by atoms with E-state index in [0.29, 0.717) is 22.6 Å². The fraction of sp³-hybridized carbons (Fsp3) is 0.500. The summed E-state index contributed by atoms with van der Waals surface area (Å²) in [4.78, 5) is 0.259. The van der Waals surface area contributed by atoms with Gasteiger partial charge in [-0.1, -0.05) is 20.3 Å². The summed E-state index contributed by atoms with van der Waals surface area (Å²) in [6.45, 7) is 4.59. The summed E-state index contributed by atoms with van der Waals surface area (Å²) in [5.74, 6) is 0.335. The molecule has 1 unspecified atom stereocenters. The van der Waals surface area contributed by atoms with Crippen molar-refractivity contribution in [2.75, 3.05) is 19.3 Å². The Morgan fingerprint density at radius 2 is 2.06 bits per heavy atom. The molecule has 0 saturated heterocycles. The minimum Gasteiger partial charge on any atom is -0.398 e. The van der Waals surface area contributed by atoms with Crippen molar-refractivity contribution in [3.63, 3.8) is 0 Å². The van der Waals surface area contributed by atoms with E-state index in [2.05, 4.69) is 15.9 Å². The zero-order chi connectivity index (χ0) is 13.9. The van der Waals surface area contributed by atoms with Gasteiger partial charge in [0.15, 0.2) is 0 Å². The van der Waals surface area contributed by atoms with Crippen molar-refractivity contribution in [3.05, 3.63) is 22.7 Å². The predicted molar refractivity (Wildman–Crippen MR) is 77.8 cm³/mol. The van der Waals surface area contributed by atoms with Crippen LogP contribution in [-0.4, -0.2) is 26.3 Å². The average Bonchev–Trinajstić information content (AvgIpc) is 2.32. The molecule has 18 heavy (non-hydrogen) atoms. The number of nitrogen functional groups attached to an aromatic ring is 1. The number of hydrogen-bond donors (Lipinski definition) is 1. The van der Waals surface area contributed by atoms with E-state index in [1.165, 1.54) is 16.4 Å². The highest BCUT2D eigenvalue weighted by atomic mass is 79.9. The standard InChI is InChI=1S/C12H19BrN2O2S/c1-4-9(2)8-15(3)18(16,17)10-5-6-12(14)11(13)7-10/h5-7,9H,4,8,14H2,1-3H3. The third-order valence-electron chi connectivity index (χ3n) is 2.95. The van der Waals surface area contributed by atoms with Crippen LogP contribution in [0.5, 0.6) is 0 Å². The third-order valence-corrected chi connectivity index (χ3v) is 5.45. The van der Waals surface area contributed by atoms with Gasteiger partial charge in [0.05, 0.1) is 4.90 Å². The van der Waals surface area contributed by atoms with E-state index in [1.54, 1.807) is 13.1 Å². The first-order valence-corrected chi connectivity index (χ1v) is 8.03. The Kier molecular flexibility index (Phi) is 5.19. The van der Waals surface area contributed by atoms with Crippen LogP contribution in [0.1, 0.15) is 20.3 Å². The first-order chi connectivity index (χ1) is 8.28. The van der Waals surface area contributed by atoms with Crippen LogP contribution in [0.3, 0.4) is 0 Å². The lowest BCUT2D eigenvalue weighted by Crippen LogP contribution is -2.31. The molecule has 0 spiro atoms. The van der Waals surface area contributed by atoms with E-state index in [-0.39, 0.29) is 4.90 Å². The monoisotopic (exact) mass is 334 g/mol. The van der Waals surface area contributed by atoms with Crippen LogP contribution in [0, 0.1) is 5.92 Å². The molecule has 4 nitrogen and oxygen atoms in total. The second-order valence-electron chi connectivity index (χ2n) is 4.48. The molecule has 0 heterocycles. The first kappa shape index (κ1) is 15.5. The van der Waals surface area contributed by atoms with Crippen molar-refractivity contribution in [1.29, 1.82) is 0 Å². The van der Waals surface area contributed by atoms with Crippen LogP contribution < -0.4 is 5.73 Å².